The fraction of sp³-hybridized carbons (Fsp3) is 0.750. The number of amides is 1. The van der Waals surface area contributed by atoms with Crippen molar-refractivity contribution in [3.8, 4) is 0 Å². The van der Waals surface area contributed by atoms with Gasteiger partial charge in [-0.05, 0) is 32.1 Å². The van der Waals surface area contributed by atoms with Gasteiger partial charge in [0.05, 0.1) is 11.8 Å². The third-order valence-corrected chi connectivity index (χ3v) is 5.97. The molecule has 2 atom stereocenters. The highest BCUT2D eigenvalue weighted by Crippen LogP contribution is 2.28. The van der Waals surface area contributed by atoms with E-state index in [9.17, 15) is 9.90 Å². The van der Waals surface area contributed by atoms with Crippen molar-refractivity contribution in [3.63, 3.8) is 0 Å². The number of carbonyl (C=O) groups excluding carboxylic acids is 1. The van der Waals surface area contributed by atoms with E-state index in [2.05, 4.69) is 22.2 Å². The summed E-state index contributed by atoms with van der Waals surface area (Å²) in [5, 5.41) is 13.1. The van der Waals surface area contributed by atoms with Gasteiger partial charge in [0.25, 0.3) is 0 Å². The lowest BCUT2D eigenvalue weighted by Crippen LogP contribution is -2.49. The van der Waals surface area contributed by atoms with Crippen LogP contribution in [0.5, 0.6) is 0 Å². The lowest BCUT2D eigenvalue weighted by atomic mass is 9.91. The molecule has 0 spiro atoms. The zero-order valence-corrected chi connectivity index (χ0v) is 14.2. The molecule has 2 saturated heterocycles. The van der Waals surface area contributed by atoms with Gasteiger partial charge in [0.1, 0.15) is 0 Å². The van der Waals surface area contributed by atoms with Crippen LogP contribution in [0.1, 0.15) is 31.9 Å². The molecular formula is C16H25N3O2S. The number of hydrogen-bond donors (Lipinski definition) is 1. The van der Waals surface area contributed by atoms with Crippen LogP contribution >= 0.6 is 11.3 Å². The Balaban J connectivity index is 1.54. The maximum absolute atomic E-state index is 12.6. The number of hydrogen-bond acceptors (Lipinski definition) is 5. The number of carbonyl (C=O) groups is 1. The van der Waals surface area contributed by atoms with E-state index in [1.807, 2.05) is 11.8 Å². The molecule has 6 heteroatoms. The molecule has 1 amide bonds. The van der Waals surface area contributed by atoms with Crippen molar-refractivity contribution in [1.82, 2.24) is 9.88 Å². The summed E-state index contributed by atoms with van der Waals surface area (Å²) >= 11 is 1.68. The molecule has 0 aliphatic carbocycles. The Morgan fingerprint density at radius 1 is 1.32 bits per heavy atom. The molecule has 2 aliphatic heterocycles. The van der Waals surface area contributed by atoms with E-state index in [4.69, 9.17) is 0 Å². The molecule has 1 N–H and O–H groups in total. The molecule has 1 aromatic rings. The smallest absolute Gasteiger partial charge is 0.225 e. The third kappa shape index (κ3) is 3.27. The number of nitrogens with zero attached hydrogens (tertiary/aromatic N) is 3. The second-order valence-corrected chi connectivity index (χ2v) is 7.49. The molecule has 5 nitrogen and oxygen atoms in total. The summed E-state index contributed by atoms with van der Waals surface area (Å²) in [6.45, 7) is 7.17. The van der Waals surface area contributed by atoms with Crippen LogP contribution in [0.25, 0.3) is 0 Å². The van der Waals surface area contributed by atoms with Crippen molar-refractivity contribution < 1.29 is 9.90 Å². The van der Waals surface area contributed by atoms with E-state index >= 15 is 0 Å². The van der Waals surface area contributed by atoms with Gasteiger partial charge < -0.3 is 14.9 Å². The molecule has 3 heterocycles. The molecule has 2 aliphatic rings. The van der Waals surface area contributed by atoms with Crippen LogP contribution < -0.4 is 4.90 Å². The molecule has 122 valence electrons. The minimum Gasteiger partial charge on any atom is -0.391 e. The van der Waals surface area contributed by atoms with E-state index in [1.165, 1.54) is 0 Å². The van der Waals surface area contributed by atoms with E-state index in [-0.39, 0.29) is 17.9 Å². The third-order valence-electron chi connectivity index (χ3n) is 4.95. The number of aliphatic hydroxyl groups is 1. The quantitative estimate of drug-likeness (QED) is 0.903. The number of rotatable bonds is 2. The van der Waals surface area contributed by atoms with Crippen LogP contribution in [-0.4, -0.2) is 53.2 Å². The summed E-state index contributed by atoms with van der Waals surface area (Å²) in [5.74, 6) is 0.651. The van der Waals surface area contributed by atoms with Gasteiger partial charge in [-0.1, -0.05) is 6.92 Å². The first-order valence-corrected chi connectivity index (χ1v) is 9.06. The highest BCUT2D eigenvalue weighted by atomic mass is 32.1. The van der Waals surface area contributed by atoms with Crippen molar-refractivity contribution in [2.45, 2.75) is 39.2 Å². The Hall–Kier alpha value is -1.14. The van der Waals surface area contributed by atoms with Gasteiger partial charge in [-0.15, -0.1) is 11.3 Å². The number of anilines is 1. The van der Waals surface area contributed by atoms with E-state index < -0.39 is 0 Å². The van der Waals surface area contributed by atoms with Gasteiger partial charge >= 0.3 is 0 Å². The Kier molecular flexibility index (Phi) is 4.68. The monoisotopic (exact) mass is 323 g/mol. The molecule has 2 fully saturated rings. The maximum atomic E-state index is 12.6. The molecule has 3 rings (SSSR count). The summed E-state index contributed by atoms with van der Waals surface area (Å²) in [7, 11) is 0. The number of aryl methyl sites for hydroxylation is 1. The van der Waals surface area contributed by atoms with Crippen LogP contribution in [0.4, 0.5) is 5.13 Å². The molecule has 0 radical (unpaired) electrons. The lowest BCUT2D eigenvalue weighted by molar-refractivity contribution is -0.140. The fourth-order valence-electron chi connectivity index (χ4n) is 3.31. The summed E-state index contributed by atoms with van der Waals surface area (Å²) in [6, 6.07) is 0. The average molecular weight is 323 g/mol. The normalized spacial score (nSPS) is 27.2. The molecule has 0 bridgehead atoms. The molecule has 0 saturated carbocycles. The van der Waals surface area contributed by atoms with Gasteiger partial charge in [0.2, 0.25) is 5.91 Å². The first-order valence-electron chi connectivity index (χ1n) is 8.18. The molecule has 0 aromatic carbocycles. The molecule has 2 unspecified atom stereocenters. The largest absolute Gasteiger partial charge is 0.391 e. The van der Waals surface area contributed by atoms with Crippen molar-refractivity contribution in [3.05, 3.63) is 11.1 Å². The highest BCUT2D eigenvalue weighted by molar-refractivity contribution is 7.13. The molecule has 1 aromatic heterocycles. The number of piperidine rings is 2. The minimum absolute atomic E-state index is 0.109. The van der Waals surface area contributed by atoms with Crippen molar-refractivity contribution in [1.29, 1.82) is 0 Å². The average Bonchev–Trinajstić information content (AvgIpc) is 2.96. The van der Waals surface area contributed by atoms with Gasteiger partial charge in [-0.2, -0.15) is 0 Å². The predicted molar refractivity (Wildman–Crippen MR) is 88.2 cm³/mol. The maximum Gasteiger partial charge on any atom is 0.225 e. The Bertz CT molecular complexity index is 525. The standard InChI is InChI=1S/C16H25N3O2S/c1-11-3-6-19(9-14(11)20)15(21)13-4-7-18(8-5-13)16-17-12(2)10-22-16/h10-11,13-14,20H,3-9H2,1-2H3. The van der Waals surface area contributed by atoms with Crippen LogP contribution in [-0.2, 0) is 4.79 Å². The van der Waals surface area contributed by atoms with Gasteiger partial charge in [0.15, 0.2) is 5.13 Å². The van der Waals surface area contributed by atoms with Crippen molar-refractivity contribution in [2.24, 2.45) is 11.8 Å². The van der Waals surface area contributed by atoms with Crippen LogP contribution in [0, 0.1) is 18.8 Å². The Labute approximate surface area is 135 Å². The minimum atomic E-state index is -0.365. The second kappa shape index (κ2) is 6.54. The van der Waals surface area contributed by atoms with Crippen LogP contribution in [0.3, 0.4) is 0 Å². The number of β-amino-alcohol motifs (C(OH)–C–C–N with tert-alkyl or cyclic N) is 1. The Morgan fingerprint density at radius 3 is 2.64 bits per heavy atom. The van der Waals surface area contributed by atoms with Crippen LogP contribution in [0.15, 0.2) is 5.38 Å². The molecular weight excluding hydrogens is 298 g/mol. The summed E-state index contributed by atoms with van der Waals surface area (Å²) in [6.07, 6.45) is 2.32. The number of likely N-dealkylation sites (tertiary alicyclic amines) is 1. The van der Waals surface area contributed by atoms with E-state index in [0.717, 1.165) is 49.7 Å². The molecule has 22 heavy (non-hydrogen) atoms. The van der Waals surface area contributed by atoms with Gasteiger partial charge in [-0.3, -0.25) is 4.79 Å². The summed E-state index contributed by atoms with van der Waals surface area (Å²) in [4.78, 5) is 21.3. The first kappa shape index (κ1) is 15.7. The summed E-state index contributed by atoms with van der Waals surface area (Å²) < 4.78 is 0. The Morgan fingerprint density at radius 2 is 2.05 bits per heavy atom. The SMILES string of the molecule is Cc1csc(N2CCC(C(=O)N3CCC(C)C(O)C3)CC2)n1. The lowest BCUT2D eigenvalue weighted by Gasteiger charge is -2.38. The number of aliphatic hydroxyl groups excluding tert-OH is 1. The number of aromatic nitrogens is 1. The van der Waals surface area contributed by atoms with Gasteiger partial charge in [-0.25, -0.2) is 4.98 Å². The van der Waals surface area contributed by atoms with Crippen molar-refractivity contribution in [2.75, 3.05) is 31.1 Å². The van der Waals surface area contributed by atoms with Crippen LogP contribution in [0.2, 0.25) is 0 Å². The predicted octanol–water partition coefficient (Wildman–Crippen LogP) is 1.90. The summed E-state index contributed by atoms with van der Waals surface area (Å²) in [5.41, 5.74) is 1.06. The highest BCUT2D eigenvalue weighted by Gasteiger charge is 2.33. The topological polar surface area (TPSA) is 56.7 Å². The second-order valence-electron chi connectivity index (χ2n) is 6.65. The van der Waals surface area contributed by atoms with E-state index in [1.54, 1.807) is 11.3 Å². The van der Waals surface area contributed by atoms with E-state index in [0.29, 0.717) is 12.5 Å². The zero-order chi connectivity index (χ0) is 15.7. The first-order chi connectivity index (χ1) is 10.5. The fourth-order valence-corrected chi connectivity index (χ4v) is 4.17. The zero-order valence-electron chi connectivity index (χ0n) is 13.4. The number of thiazole rings is 1. The van der Waals surface area contributed by atoms with Crippen molar-refractivity contribution >= 4 is 22.4 Å². The van der Waals surface area contributed by atoms with Gasteiger partial charge in [0, 0.05) is 37.5 Å².